The van der Waals surface area contributed by atoms with Gasteiger partial charge in [-0.3, -0.25) is 14.9 Å². The first kappa shape index (κ1) is 28.3. The van der Waals surface area contributed by atoms with Crippen molar-refractivity contribution < 1.29 is 14.5 Å². The lowest BCUT2D eigenvalue weighted by molar-refractivity contribution is -0.384. The number of nitro benzene ring substituents is 1. The van der Waals surface area contributed by atoms with Gasteiger partial charge in [0.1, 0.15) is 18.0 Å². The molecule has 0 spiro atoms. The van der Waals surface area contributed by atoms with Crippen LogP contribution in [0.5, 0.6) is 5.75 Å². The third-order valence-corrected chi connectivity index (χ3v) is 6.65. The van der Waals surface area contributed by atoms with Crippen LogP contribution < -0.4 is 20.7 Å². The summed E-state index contributed by atoms with van der Waals surface area (Å²) in [6, 6.07) is 10.8. The Hall–Kier alpha value is -4.71. The fourth-order valence-corrected chi connectivity index (χ4v) is 4.56. The Morgan fingerprint density at radius 1 is 1.20 bits per heavy atom. The highest BCUT2D eigenvalue weighted by molar-refractivity contribution is 5.96. The highest BCUT2D eigenvalue weighted by Crippen LogP contribution is 2.39. The molecular weight excluding hydrogens is 512 g/mol. The smallest absolute Gasteiger partial charge is 0.294 e. The van der Waals surface area contributed by atoms with Crippen molar-refractivity contribution in [3.63, 3.8) is 0 Å². The normalized spacial score (nSPS) is 11.2. The van der Waals surface area contributed by atoms with Gasteiger partial charge in [0.15, 0.2) is 0 Å². The average Bonchev–Trinajstić information content (AvgIpc) is 3.28. The molecule has 0 atom stereocenters. The van der Waals surface area contributed by atoms with Crippen LogP contribution in [0.4, 0.5) is 23.0 Å². The number of primary amides is 1. The van der Waals surface area contributed by atoms with E-state index in [0.29, 0.717) is 35.8 Å². The number of hydrogen-bond acceptors (Lipinski definition) is 9. The average molecular weight is 547 g/mol. The van der Waals surface area contributed by atoms with Gasteiger partial charge in [-0.15, -0.1) is 0 Å². The second-order valence-corrected chi connectivity index (χ2v) is 9.72. The quantitative estimate of drug-likeness (QED) is 0.200. The summed E-state index contributed by atoms with van der Waals surface area (Å²) in [5, 5.41) is 16.1. The first-order chi connectivity index (χ1) is 19.1. The number of likely N-dealkylation sites (N-methyl/N-ethyl adjacent to an activating group) is 2. The van der Waals surface area contributed by atoms with Crippen molar-refractivity contribution in [1.29, 1.82) is 0 Å². The molecule has 0 saturated carbocycles. The molecule has 210 valence electrons. The van der Waals surface area contributed by atoms with Gasteiger partial charge in [0.2, 0.25) is 11.9 Å². The van der Waals surface area contributed by atoms with Crippen LogP contribution in [0.2, 0.25) is 0 Å². The lowest BCUT2D eigenvalue weighted by Gasteiger charge is -2.22. The number of fused-ring (bicyclic) bond motifs is 1. The number of rotatable bonds is 12. The number of benzene rings is 2. The van der Waals surface area contributed by atoms with Crippen molar-refractivity contribution in [1.82, 2.24) is 19.4 Å². The highest BCUT2D eigenvalue weighted by atomic mass is 16.6. The van der Waals surface area contributed by atoms with Gasteiger partial charge >= 0.3 is 0 Å². The number of methoxy groups -OCH3 is 1. The van der Waals surface area contributed by atoms with E-state index in [0.717, 1.165) is 28.6 Å². The Bertz CT molecular complexity index is 1550. The molecule has 1 amide bonds. The summed E-state index contributed by atoms with van der Waals surface area (Å²) in [6.07, 6.45) is 4.27. The summed E-state index contributed by atoms with van der Waals surface area (Å²) in [7, 11) is 7.22. The molecule has 2 aromatic heterocycles. The van der Waals surface area contributed by atoms with Gasteiger partial charge in [-0.05, 0) is 32.1 Å². The Balaban J connectivity index is 1.77. The molecule has 3 N–H and O–H groups in total. The molecule has 4 aromatic rings. The number of nitrogens with two attached hydrogens (primary N) is 1. The number of carbonyl (C=O) groups is 1. The molecule has 0 bridgehead atoms. The maximum absolute atomic E-state index is 12.0. The van der Waals surface area contributed by atoms with Crippen molar-refractivity contribution in [2.24, 2.45) is 5.73 Å². The predicted molar refractivity (Wildman–Crippen MR) is 156 cm³/mol. The van der Waals surface area contributed by atoms with Crippen molar-refractivity contribution in [3.8, 4) is 17.0 Å². The monoisotopic (exact) mass is 546 g/mol. The molecule has 12 heteroatoms. The van der Waals surface area contributed by atoms with Crippen LogP contribution in [0.3, 0.4) is 0 Å². The number of nitro groups is 1. The van der Waals surface area contributed by atoms with Gasteiger partial charge in [-0.1, -0.05) is 25.1 Å². The van der Waals surface area contributed by atoms with E-state index in [4.69, 9.17) is 15.5 Å². The van der Waals surface area contributed by atoms with Crippen molar-refractivity contribution in [2.75, 3.05) is 51.6 Å². The van der Waals surface area contributed by atoms with E-state index in [1.165, 1.54) is 13.2 Å². The zero-order valence-corrected chi connectivity index (χ0v) is 23.3. The Labute approximate surface area is 232 Å². The molecule has 0 aliphatic heterocycles. The number of anilines is 3. The molecule has 0 unspecified atom stereocenters. The molecule has 4 rings (SSSR count). The van der Waals surface area contributed by atoms with Crippen LogP contribution in [0, 0.1) is 10.1 Å². The van der Waals surface area contributed by atoms with E-state index in [-0.39, 0.29) is 18.2 Å². The molecule has 0 aliphatic rings. The van der Waals surface area contributed by atoms with Crippen LogP contribution in [0.15, 0.2) is 48.8 Å². The Kier molecular flexibility index (Phi) is 8.49. The number of aryl methyl sites for hydroxylation is 1. The minimum atomic E-state index is -0.447. The molecular formula is C28H34N8O4. The molecule has 0 aliphatic carbocycles. The van der Waals surface area contributed by atoms with E-state index in [1.54, 1.807) is 16.8 Å². The van der Waals surface area contributed by atoms with Crippen LogP contribution in [-0.4, -0.2) is 71.6 Å². The van der Waals surface area contributed by atoms with Crippen LogP contribution in [0.1, 0.15) is 12.5 Å². The molecule has 40 heavy (non-hydrogen) atoms. The lowest BCUT2D eigenvalue weighted by atomic mass is 10.0. The van der Waals surface area contributed by atoms with Crippen LogP contribution >= 0.6 is 0 Å². The topological polar surface area (TPSA) is 145 Å². The summed E-state index contributed by atoms with van der Waals surface area (Å²) < 4.78 is 7.41. The number of para-hydroxylation sites is 1. The van der Waals surface area contributed by atoms with Crippen molar-refractivity contribution in [3.05, 3.63) is 64.5 Å². The second kappa shape index (κ2) is 12.0. The zero-order chi connectivity index (χ0) is 29.0. The fourth-order valence-electron chi connectivity index (χ4n) is 4.56. The van der Waals surface area contributed by atoms with E-state index >= 15 is 0 Å². The number of nitrogens with zero attached hydrogens (tertiary/aromatic N) is 6. The zero-order valence-electron chi connectivity index (χ0n) is 23.3. The van der Waals surface area contributed by atoms with Crippen molar-refractivity contribution >= 4 is 39.8 Å². The standard InChI is InChI=1S/C28H34N8O4/c1-6-18-15-30-28(32-27(18)20-16-35(17-26(29)37)22-10-8-7-9-19(20)22)31-21-13-24(36(38)39)23(14-25(21)40-5)34(4)12-11-33(2)3/h7-10,13-16H,6,11-12,17H2,1-5H3,(H2,29,37)(H,30,31,32). The molecule has 0 radical (unpaired) electrons. The van der Waals surface area contributed by atoms with Crippen LogP contribution in [0.25, 0.3) is 22.2 Å². The van der Waals surface area contributed by atoms with Gasteiger partial charge in [-0.25, -0.2) is 9.97 Å². The Morgan fingerprint density at radius 2 is 1.95 bits per heavy atom. The predicted octanol–water partition coefficient (Wildman–Crippen LogP) is 3.80. The number of hydrogen-bond donors (Lipinski definition) is 2. The van der Waals surface area contributed by atoms with E-state index in [9.17, 15) is 14.9 Å². The van der Waals surface area contributed by atoms with Crippen LogP contribution in [-0.2, 0) is 17.8 Å². The highest BCUT2D eigenvalue weighted by Gasteiger charge is 2.23. The van der Waals surface area contributed by atoms with Gasteiger partial charge in [0.05, 0.1) is 23.4 Å². The summed E-state index contributed by atoms with van der Waals surface area (Å²) >= 11 is 0. The number of ether oxygens (including phenoxy) is 1. The maximum atomic E-state index is 12.0. The summed E-state index contributed by atoms with van der Waals surface area (Å²) in [6.45, 7) is 3.37. The SMILES string of the molecule is CCc1cnc(Nc2cc([N+](=O)[O-])c(N(C)CCN(C)C)cc2OC)nc1-c1cn(CC(N)=O)c2ccccc12. The number of carbonyl (C=O) groups excluding carboxylic acids is 1. The summed E-state index contributed by atoms with van der Waals surface area (Å²) in [5.74, 6) is 0.220. The summed E-state index contributed by atoms with van der Waals surface area (Å²) in [4.78, 5) is 36.5. The second-order valence-electron chi connectivity index (χ2n) is 9.72. The first-order valence-corrected chi connectivity index (χ1v) is 12.8. The number of aromatic nitrogens is 3. The van der Waals surface area contributed by atoms with Gasteiger partial charge in [0.25, 0.3) is 5.69 Å². The minimum absolute atomic E-state index is 0.0361. The lowest BCUT2D eigenvalue weighted by Crippen LogP contribution is -2.28. The summed E-state index contributed by atoms with van der Waals surface area (Å²) in [5.41, 5.74) is 9.52. The first-order valence-electron chi connectivity index (χ1n) is 12.8. The maximum Gasteiger partial charge on any atom is 0.294 e. The van der Waals surface area contributed by atoms with E-state index in [2.05, 4.69) is 10.3 Å². The Morgan fingerprint density at radius 3 is 2.60 bits per heavy atom. The fraction of sp³-hybridized carbons (Fsp3) is 0.321. The molecule has 12 nitrogen and oxygen atoms in total. The molecule has 0 fully saturated rings. The third-order valence-electron chi connectivity index (χ3n) is 6.65. The van der Waals surface area contributed by atoms with E-state index < -0.39 is 10.8 Å². The molecule has 2 heterocycles. The largest absolute Gasteiger partial charge is 0.494 e. The van der Waals surface area contributed by atoms with Gasteiger partial charge in [-0.2, -0.15) is 0 Å². The molecule has 0 saturated heterocycles. The van der Waals surface area contributed by atoms with Gasteiger partial charge < -0.3 is 30.2 Å². The third kappa shape index (κ3) is 5.96. The van der Waals surface area contributed by atoms with Gasteiger partial charge in [0, 0.05) is 61.1 Å². The van der Waals surface area contributed by atoms with Crippen molar-refractivity contribution in [2.45, 2.75) is 19.9 Å². The minimum Gasteiger partial charge on any atom is -0.494 e. The number of nitrogens with one attached hydrogen (secondary N) is 1. The number of amides is 1. The van der Waals surface area contributed by atoms with E-state index in [1.807, 2.05) is 68.3 Å². The molecule has 2 aromatic carbocycles.